The predicted octanol–water partition coefficient (Wildman–Crippen LogP) is 1.45. The van der Waals surface area contributed by atoms with Crippen molar-refractivity contribution in [3.05, 3.63) is 18.0 Å². The molecule has 4 heteroatoms. The lowest BCUT2D eigenvalue weighted by molar-refractivity contribution is 0.643. The Morgan fingerprint density at radius 2 is 2.19 bits per heavy atom. The highest BCUT2D eigenvalue weighted by Gasteiger charge is 2.14. The second-order valence-corrected chi connectivity index (χ2v) is 4.85. The third kappa shape index (κ3) is 3.17. The van der Waals surface area contributed by atoms with Gasteiger partial charge in [0, 0.05) is 25.0 Å². The topological polar surface area (TPSA) is 49.8 Å². The second-order valence-electron chi connectivity index (χ2n) is 4.85. The Kier molecular flexibility index (Phi) is 3.72. The Labute approximate surface area is 96.9 Å². The fourth-order valence-corrected chi connectivity index (χ4v) is 1.97. The third-order valence-electron chi connectivity index (χ3n) is 2.74. The minimum Gasteiger partial charge on any atom is -0.350 e. The van der Waals surface area contributed by atoms with Gasteiger partial charge in [-0.25, -0.2) is 9.97 Å². The molecule has 0 aliphatic carbocycles. The van der Waals surface area contributed by atoms with Crippen LogP contribution in [0.2, 0.25) is 0 Å². The lowest BCUT2D eigenvalue weighted by Crippen LogP contribution is -2.23. The van der Waals surface area contributed by atoms with Crippen molar-refractivity contribution in [2.45, 2.75) is 32.7 Å². The van der Waals surface area contributed by atoms with Crippen LogP contribution in [0.1, 0.15) is 25.8 Å². The SMILES string of the molecule is CC(C)Cc1cnc(N[C@@H]2CCNC2)nc1. The summed E-state index contributed by atoms with van der Waals surface area (Å²) in [6, 6.07) is 0.482. The molecule has 1 atom stereocenters. The van der Waals surface area contributed by atoms with Gasteiger partial charge in [0.15, 0.2) is 0 Å². The zero-order valence-electron chi connectivity index (χ0n) is 10.0. The maximum absolute atomic E-state index is 4.35. The maximum Gasteiger partial charge on any atom is 0.222 e. The highest BCUT2D eigenvalue weighted by Crippen LogP contribution is 2.09. The molecule has 88 valence electrons. The number of hydrogen-bond donors (Lipinski definition) is 2. The van der Waals surface area contributed by atoms with Gasteiger partial charge in [-0.2, -0.15) is 0 Å². The largest absolute Gasteiger partial charge is 0.350 e. The Morgan fingerprint density at radius 3 is 2.75 bits per heavy atom. The first-order valence-corrected chi connectivity index (χ1v) is 6.02. The molecular weight excluding hydrogens is 200 g/mol. The molecule has 2 heterocycles. The molecule has 1 aromatic heterocycles. The molecule has 1 aromatic rings. The van der Waals surface area contributed by atoms with Crippen LogP contribution in [-0.4, -0.2) is 29.1 Å². The summed E-state index contributed by atoms with van der Waals surface area (Å²) >= 11 is 0. The molecule has 0 spiro atoms. The van der Waals surface area contributed by atoms with E-state index < -0.39 is 0 Å². The molecule has 0 saturated carbocycles. The van der Waals surface area contributed by atoms with Crippen molar-refractivity contribution < 1.29 is 0 Å². The average molecular weight is 220 g/mol. The van der Waals surface area contributed by atoms with Crippen molar-refractivity contribution >= 4 is 5.95 Å². The van der Waals surface area contributed by atoms with Gasteiger partial charge in [0.2, 0.25) is 5.95 Å². The number of aromatic nitrogens is 2. The third-order valence-corrected chi connectivity index (χ3v) is 2.74. The van der Waals surface area contributed by atoms with Gasteiger partial charge >= 0.3 is 0 Å². The molecule has 4 nitrogen and oxygen atoms in total. The first-order chi connectivity index (χ1) is 7.74. The minimum atomic E-state index is 0.482. The number of nitrogens with one attached hydrogen (secondary N) is 2. The molecule has 0 radical (unpaired) electrons. The van der Waals surface area contributed by atoms with Gasteiger partial charge < -0.3 is 10.6 Å². The van der Waals surface area contributed by atoms with E-state index in [2.05, 4.69) is 34.4 Å². The smallest absolute Gasteiger partial charge is 0.222 e. The van der Waals surface area contributed by atoms with E-state index >= 15 is 0 Å². The number of hydrogen-bond acceptors (Lipinski definition) is 4. The average Bonchev–Trinajstić information content (AvgIpc) is 2.73. The first-order valence-electron chi connectivity index (χ1n) is 6.02. The van der Waals surface area contributed by atoms with E-state index in [1.165, 1.54) is 5.56 Å². The number of nitrogens with zero attached hydrogens (tertiary/aromatic N) is 2. The van der Waals surface area contributed by atoms with E-state index in [0.29, 0.717) is 12.0 Å². The van der Waals surface area contributed by atoms with Gasteiger partial charge in [-0.15, -0.1) is 0 Å². The van der Waals surface area contributed by atoms with Crippen LogP contribution in [0.3, 0.4) is 0 Å². The standard InChI is InChI=1S/C12H20N4/c1-9(2)5-10-6-14-12(15-7-10)16-11-3-4-13-8-11/h6-7,9,11,13H,3-5,8H2,1-2H3,(H,14,15,16)/t11-/m1/s1. The molecule has 0 bridgehead atoms. The van der Waals surface area contributed by atoms with E-state index in [4.69, 9.17) is 0 Å². The number of anilines is 1. The van der Waals surface area contributed by atoms with Crippen LogP contribution in [-0.2, 0) is 6.42 Å². The highest BCUT2D eigenvalue weighted by atomic mass is 15.1. The van der Waals surface area contributed by atoms with Crippen molar-refractivity contribution in [2.75, 3.05) is 18.4 Å². The molecule has 2 N–H and O–H groups in total. The monoisotopic (exact) mass is 220 g/mol. The molecule has 1 saturated heterocycles. The molecule has 0 amide bonds. The zero-order chi connectivity index (χ0) is 11.4. The van der Waals surface area contributed by atoms with Crippen LogP contribution in [0.25, 0.3) is 0 Å². The van der Waals surface area contributed by atoms with E-state index in [1.807, 2.05) is 12.4 Å². The molecule has 0 aromatic carbocycles. The van der Waals surface area contributed by atoms with E-state index in [9.17, 15) is 0 Å². The Morgan fingerprint density at radius 1 is 1.44 bits per heavy atom. The molecular formula is C12H20N4. The minimum absolute atomic E-state index is 0.482. The van der Waals surface area contributed by atoms with Crippen LogP contribution in [0.5, 0.6) is 0 Å². The summed E-state index contributed by atoms with van der Waals surface area (Å²) in [5, 5.41) is 6.65. The summed E-state index contributed by atoms with van der Waals surface area (Å²) in [6.07, 6.45) is 6.05. The lowest BCUT2D eigenvalue weighted by atomic mass is 10.1. The molecule has 1 aliphatic heterocycles. The van der Waals surface area contributed by atoms with Crippen molar-refractivity contribution in [3.8, 4) is 0 Å². The molecule has 0 unspecified atom stereocenters. The highest BCUT2D eigenvalue weighted by molar-refractivity contribution is 5.27. The molecule has 1 fully saturated rings. The predicted molar refractivity (Wildman–Crippen MR) is 65.5 cm³/mol. The van der Waals surface area contributed by atoms with Crippen molar-refractivity contribution in [1.82, 2.24) is 15.3 Å². The molecule has 2 rings (SSSR count). The van der Waals surface area contributed by atoms with Gasteiger partial charge in [-0.3, -0.25) is 0 Å². The summed E-state index contributed by atoms with van der Waals surface area (Å²) in [7, 11) is 0. The summed E-state index contributed by atoms with van der Waals surface area (Å²) in [5.74, 6) is 1.41. The van der Waals surface area contributed by atoms with Crippen LogP contribution >= 0.6 is 0 Å². The summed E-state index contributed by atoms with van der Waals surface area (Å²) in [4.78, 5) is 8.69. The zero-order valence-corrected chi connectivity index (χ0v) is 10.0. The van der Waals surface area contributed by atoms with Crippen LogP contribution in [0.4, 0.5) is 5.95 Å². The van der Waals surface area contributed by atoms with Crippen molar-refractivity contribution in [1.29, 1.82) is 0 Å². The molecule has 16 heavy (non-hydrogen) atoms. The fraction of sp³-hybridized carbons (Fsp3) is 0.667. The van der Waals surface area contributed by atoms with Crippen LogP contribution in [0, 0.1) is 5.92 Å². The van der Waals surface area contributed by atoms with E-state index in [-0.39, 0.29) is 0 Å². The lowest BCUT2D eigenvalue weighted by Gasteiger charge is -2.11. The number of rotatable bonds is 4. The van der Waals surface area contributed by atoms with Crippen LogP contribution in [0.15, 0.2) is 12.4 Å². The van der Waals surface area contributed by atoms with Crippen molar-refractivity contribution in [2.24, 2.45) is 5.92 Å². The van der Waals surface area contributed by atoms with E-state index in [0.717, 1.165) is 31.9 Å². The normalized spacial score (nSPS) is 20.3. The van der Waals surface area contributed by atoms with Crippen molar-refractivity contribution in [3.63, 3.8) is 0 Å². The summed E-state index contributed by atoms with van der Waals surface area (Å²) in [6.45, 7) is 6.51. The van der Waals surface area contributed by atoms with Gasteiger partial charge in [-0.1, -0.05) is 13.8 Å². The molecule has 1 aliphatic rings. The van der Waals surface area contributed by atoms with Gasteiger partial charge in [0.25, 0.3) is 0 Å². The maximum atomic E-state index is 4.35. The summed E-state index contributed by atoms with van der Waals surface area (Å²) in [5.41, 5.74) is 1.21. The Bertz CT molecular complexity index is 314. The Balaban J connectivity index is 1.90. The van der Waals surface area contributed by atoms with Gasteiger partial charge in [0.1, 0.15) is 0 Å². The van der Waals surface area contributed by atoms with Crippen LogP contribution < -0.4 is 10.6 Å². The summed E-state index contributed by atoms with van der Waals surface area (Å²) < 4.78 is 0. The second kappa shape index (κ2) is 5.25. The first kappa shape index (κ1) is 11.3. The quantitative estimate of drug-likeness (QED) is 0.806. The van der Waals surface area contributed by atoms with Gasteiger partial charge in [0.05, 0.1) is 0 Å². The fourth-order valence-electron chi connectivity index (χ4n) is 1.97. The Hall–Kier alpha value is -1.16. The van der Waals surface area contributed by atoms with E-state index in [1.54, 1.807) is 0 Å². The van der Waals surface area contributed by atoms with Gasteiger partial charge in [-0.05, 0) is 30.9 Å².